The predicted molar refractivity (Wildman–Crippen MR) is 358 cm³/mol. The van der Waals surface area contributed by atoms with Gasteiger partial charge in [-0.25, -0.2) is 0 Å². The van der Waals surface area contributed by atoms with Gasteiger partial charge in [0, 0.05) is 19.3 Å². The van der Waals surface area contributed by atoms with Crippen LogP contribution in [0.1, 0.15) is 361 Å². The highest BCUT2D eigenvalue weighted by molar-refractivity contribution is 5.71. The van der Waals surface area contributed by atoms with Crippen molar-refractivity contribution in [3.05, 3.63) is 85.1 Å². The van der Waals surface area contributed by atoms with Crippen LogP contribution < -0.4 is 0 Å². The molecule has 1 atom stereocenters. The second-order valence-electron chi connectivity index (χ2n) is 23.8. The third-order valence-corrected chi connectivity index (χ3v) is 15.6. The van der Waals surface area contributed by atoms with Gasteiger partial charge in [-0.2, -0.15) is 0 Å². The Kier molecular flexibility index (Phi) is 67.2. The number of unbranched alkanes of at least 4 members (excludes halogenated alkanes) is 40. The number of hydrogen-bond acceptors (Lipinski definition) is 6. The molecule has 1 unspecified atom stereocenters. The Labute approximate surface area is 509 Å². The molecule has 0 rings (SSSR count). The zero-order valence-electron chi connectivity index (χ0n) is 54.5. The lowest BCUT2D eigenvalue weighted by Gasteiger charge is -2.18. The average molecular weight is 1140 g/mol. The Morgan fingerprint density at radius 1 is 0.256 bits per heavy atom. The van der Waals surface area contributed by atoms with Crippen LogP contribution >= 0.6 is 0 Å². The Morgan fingerprint density at radius 3 is 0.768 bits per heavy atom. The minimum absolute atomic E-state index is 0.0827. The van der Waals surface area contributed by atoms with Crippen LogP contribution in [0.3, 0.4) is 0 Å². The van der Waals surface area contributed by atoms with Crippen molar-refractivity contribution in [1.29, 1.82) is 0 Å². The molecule has 6 heteroatoms. The summed E-state index contributed by atoms with van der Waals surface area (Å²) in [5, 5.41) is 0. The highest BCUT2D eigenvalue weighted by Gasteiger charge is 2.19. The molecule has 0 heterocycles. The van der Waals surface area contributed by atoms with E-state index in [1.807, 2.05) is 0 Å². The molecule has 474 valence electrons. The maximum absolute atomic E-state index is 13.0. The van der Waals surface area contributed by atoms with Gasteiger partial charge < -0.3 is 14.2 Å². The summed E-state index contributed by atoms with van der Waals surface area (Å²) in [4.78, 5) is 38.5. The number of hydrogen-bond donors (Lipinski definition) is 0. The van der Waals surface area contributed by atoms with E-state index in [1.165, 1.54) is 205 Å². The van der Waals surface area contributed by atoms with Crippen LogP contribution in [0.5, 0.6) is 0 Å². The molecule has 0 aliphatic rings. The van der Waals surface area contributed by atoms with Crippen LogP contribution in [0.4, 0.5) is 0 Å². The Bertz CT molecular complexity index is 1550. The topological polar surface area (TPSA) is 78.9 Å². The maximum Gasteiger partial charge on any atom is 0.306 e. The highest BCUT2D eigenvalue weighted by atomic mass is 16.6. The number of allylic oxidation sites excluding steroid dienone is 14. The lowest BCUT2D eigenvalue weighted by atomic mass is 10.0. The van der Waals surface area contributed by atoms with Gasteiger partial charge >= 0.3 is 17.9 Å². The molecule has 82 heavy (non-hydrogen) atoms. The molecular formula is C76H134O6. The molecule has 0 radical (unpaired) electrons. The fourth-order valence-corrected chi connectivity index (χ4v) is 10.3. The molecule has 0 bridgehead atoms. The van der Waals surface area contributed by atoms with E-state index in [4.69, 9.17) is 14.2 Å². The largest absolute Gasteiger partial charge is 0.462 e. The summed E-state index contributed by atoms with van der Waals surface area (Å²) in [6.45, 7) is 6.54. The van der Waals surface area contributed by atoms with Gasteiger partial charge in [-0.1, -0.05) is 331 Å². The molecule has 0 amide bonds. The van der Waals surface area contributed by atoms with Crippen LogP contribution in [-0.4, -0.2) is 37.2 Å². The number of ether oxygens (including phenoxy) is 3. The number of carbonyl (C=O) groups is 3. The van der Waals surface area contributed by atoms with Crippen molar-refractivity contribution < 1.29 is 28.6 Å². The molecule has 0 aromatic heterocycles. The third-order valence-electron chi connectivity index (χ3n) is 15.6. The molecule has 0 saturated heterocycles. The molecule has 6 nitrogen and oxygen atoms in total. The predicted octanol–water partition coefficient (Wildman–Crippen LogP) is 24.6. The van der Waals surface area contributed by atoms with Gasteiger partial charge in [0.25, 0.3) is 0 Å². The normalized spacial score (nSPS) is 12.6. The zero-order valence-corrected chi connectivity index (χ0v) is 54.5. The van der Waals surface area contributed by atoms with Gasteiger partial charge in [-0.3, -0.25) is 14.4 Å². The van der Waals surface area contributed by atoms with Crippen LogP contribution in [0.25, 0.3) is 0 Å². The van der Waals surface area contributed by atoms with Gasteiger partial charge in [0.1, 0.15) is 13.2 Å². The first-order valence-electron chi connectivity index (χ1n) is 35.6. The number of carbonyl (C=O) groups excluding carboxylic acids is 3. The van der Waals surface area contributed by atoms with Crippen LogP contribution in [0.15, 0.2) is 85.1 Å². The highest BCUT2D eigenvalue weighted by Crippen LogP contribution is 2.18. The summed E-state index contributed by atoms with van der Waals surface area (Å²) < 4.78 is 17.0. The lowest BCUT2D eigenvalue weighted by Crippen LogP contribution is -2.30. The van der Waals surface area contributed by atoms with Gasteiger partial charge in [0.2, 0.25) is 0 Å². The van der Waals surface area contributed by atoms with E-state index in [1.54, 1.807) is 0 Å². The van der Waals surface area contributed by atoms with E-state index >= 15 is 0 Å². The molecule has 0 aliphatic heterocycles. The summed E-state index contributed by atoms with van der Waals surface area (Å²) in [7, 11) is 0. The lowest BCUT2D eigenvalue weighted by molar-refractivity contribution is -0.167. The summed E-state index contributed by atoms with van der Waals surface area (Å²) in [6, 6.07) is 0. The van der Waals surface area contributed by atoms with Crippen molar-refractivity contribution in [3.63, 3.8) is 0 Å². The molecule has 0 aromatic carbocycles. The Balaban J connectivity index is 4.37. The summed E-state index contributed by atoms with van der Waals surface area (Å²) in [6.07, 6.45) is 93.2. The second kappa shape index (κ2) is 70.1. The smallest absolute Gasteiger partial charge is 0.306 e. The monoisotopic (exact) mass is 1140 g/mol. The molecule has 0 saturated carbocycles. The fourth-order valence-electron chi connectivity index (χ4n) is 10.3. The summed E-state index contributed by atoms with van der Waals surface area (Å²) in [5.41, 5.74) is 0. The van der Waals surface area contributed by atoms with E-state index in [0.717, 1.165) is 116 Å². The molecule has 0 aliphatic carbocycles. The summed E-state index contributed by atoms with van der Waals surface area (Å²) >= 11 is 0. The first-order chi connectivity index (χ1) is 40.5. The van der Waals surface area contributed by atoms with E-state index < -0.39 is 6.10 Å². The maximum atomic E-state index is 13.0. The van der Waals surface area contributed by atoms with Crippen LogP contribution in [-0.2, 0) is 28.6 Å². The summed E-state index contributed by atoms with van der Waals surface area (Å²) in [5.74, 6) is -0.886. The van der Waals surface area contributed by atoms with E-state index in [-0.39, 0.29) is 31.1 Å². The van der Waals surface area contributed by atoms with Crippen LogP contribution in [0, 0.1) is 0 Å². The first kappa shape index (κ1) is 78.6. The minimum Gasteiger partial charge on any atom is -0.462 e. The molecule has 0 spiro atoms. The van der Waals surface area contributed by atoms with Crippen molar-refractivity contribution in [2.75, 3.05) is 13.2 Å². The standard InChI is InChI=1S/C76H134O6/c1-4-7-10-13-16-19-22-25-28-31-34-36-37-38-40-42-45-48-51-54-57-60-63-66-69-75(78)81-72-73(71-80-74(77)68-65-62-59-56-53-50-47-44-41-33-30-27-24-21-18-15-12-9-6-3)82-76(79)70-67-64-61-58-55-52-49-46-43-39-35-32-29-26-23-20-17-14-11-8-5-2/h8,11,17-18,20-21,26-27,29-30,35,39,46,49,73H,4-7,9-10,12-16,19,22-25,28,31-34,36-38,40-45,47-48,50-72H2,1-3H3/b11-8-,20-17-,21-18-,29-26-,30-27-,39-35-,49-46-. The van der Waals surface area contributed by atoms with Gasteiger partial charge in [0.05, 0.1) is 0 Å². The number of esters is 3. The van der Waals surface area contributed by atoms with E-state index in [2.05, 4.69) is 106 Å². The molecule has 0 aromatic rings. The Morgan fingerprint density at radius 2 is 0.476 bits per heavy atom. The van der Waals surface area contributed by atoms with Crippen molar-refractivity contribution in [1.82, 2.24) is 0 Å². The van der Waals surface area contributed by atoms with Gasteiger partial charge in [-0.05, 0) is 96.3 Å². The van der Waals surface area contributed by atoms with Crippen molar-refractivity contribution in [2.45, 2.75) is 367 Å². The zero-order chi connectivity index (χ0) is 59.2. The SMILES string of the molecule is CC/C=C\C/C=C\C/C=C\C/C=C\C/C=C\CCCCCCCC(=O)OC(COC(=O)CCCCCCCCCCC/C=C\C/C=C\CCCCC)COC(=O)CCCCCCCCCCCCCCCCCCCCCCCCCC. The quantitative estimate of drug-likeness (QED) is 0.0261. The minimum atomic E-state index is -0.790. The fraction of sp³-hybridized carbons (Fsp3) is 0.776. The molecular weight excluding hydrogens is 1010 g/mol. The van der Waals surface area contributed by atoms with Crippen molar-refractivity contribution in [3.8, 4) is 0 Å². The number of rotatable bonds is 65. The second-order valence-corrected chi connectivity index (χ2v) is 23.8. The van der Waals surface area contributed by atoms with E-state index in [9.17, 15) is 14.4 Å². The van der Waals surface area contributed by atoms with Crippen LogP contribution in [0.2, 0.25) is 0 Å². The molecule has 0 fully saturated rings. The van der Waals surface area contributed by atoms with Crippen molar-refractivity contribution in [2.24, 2.45) is 0 Å². The first-order valence-corrected chi connectivity index (χ1v) is 35.6. The van der Waals surface area contributed by atoms with Gasteiger partial charge in [-0.15, -0.1) is 0 Å². The third kappa shape index (κ3) is 67.4. The average Bonchev–Trinajstić information content (AvgIpc) is 3.47. The van der Waals surface area contributed by atoms with Crippen molar-refractivity contribution >= 4 is 17.9 Å². The molecule has 0 N–H and O–H groups in total. The Hall–Kier alpha value is -3.41. The van der Waals surface area contributed by atoms with E-state index in [0.29, 0.717) is 19.3 Å². The van der Waals surface area contributed by atoms with Gasteiger partial charge in [0.15, 0.2) is 6.10 Å².